The average Bonchev–Trinajstić information content (AvgIpc) is 2.46. The van der Waals surface area contributed by atoms with E-state index in [9.17, 15) is 0 Å². The summed E-state index contributed by atoms with van der Waals surface area (Å²) in [5, 5.41) is 3.86. The monoisotopic (exact) mass is 275 g/mol. The molecule has 2 heteroatoms. The molecule has 112 valence electrons. The van der Waals surface area contributed by atoms with Crippen LogP contribution in [-0.2, 0) is 0 Å². The Kier molecular flexibility index (Phi) is 5.09. The Morgan fingerprint density at radius 3 is 2.30 bits per heavy atom. The lowest BCUT2D eigenvalue weighted by Crippen LogP contribution is -2.37. The molecule has 1 saturated carbocycles. The van der Waals surface area contributed by atoms with E-state index >= 15 is 0 Å². The number of benzene rings is 1. The molecular weight excluding hydrogens is 246 g/mol. The van der Waals surface area contributed by atoms with Crippen LogP contribution in [0.25, 0.3) is 0 Å². The largest absolute Gasteiger partial charge is 0.497 e. The molecule has 2 rings (SSSR count). The SMILES string of the molecule is CCC(NC1CCC(C)(C)CC1)c1ccc(OC)cc1. The van der Waals surface area contributed by atoms with Gasteiger partial charge in [-0.05, 0) is 55.2 Å². The second-order valence-corrected chi connectivity index (χ2v) is 6.84. The third-order valence-corrected chi connectivity index (χ3v) is 4.70. The standard InChI is InChI=1S/C18H29NO/c1-5-17(14-6-8-16(20-4)9-7-14)19-15-10-12-18(2,3)13-11-15/h6-9,15,17,19H,5,10-13H2,1-4H3. The Balaban J connectivity index is 1.95. The molecule has 0 amide bonds. The lowest BCUT2D eigenvalue weighted by Gasteiger charge is -2.36. The number of rotatable bonds is 5. The first-order valence-corrected chi connectivity index (χ1v) is 7.94. The summed E-state index contributed by atoms with van der Waals surface area (Å²) in [5.74, 6) is 0.933. The van der Waals surface area contributed by atoms with Gasteiger partial charge in [-0.25, -0.2) is 0 Å². The fourth-order valence-corrected chi connectivity index (χ4v) is 3.14. The highest BCUT2D eigenvalue weighted by Gasteiger charge is 2.27. The van der Waals surface area contributed by atoms with Crippen molar-refractivity contribution in [3.05, 3.63) is 29.8 Å². The average molecular weight is 275 g/mol. The molecular formula is C18H29NO. The first kappa shape index (κ1) is 15.4. The third kappa shape index (κ3) is 3.99. The molecule has 0 radical (unpaired) electrons. The van der Waals surface area contributed by atoms with Crippen LogP contribution in [-0.4, -0.2) is 13.2 Å². The molecule has 0 spiro atoms. The number of hydrogen-bond donors (Lipinski definition) is 1. The van der Waals surface area contributed by atoms with Crippen LogP contribution >= 0.6 is 0 Å². The van der Waals surface area contributed by atoms with E-state index in [-0.39, 0.29) is 0 Å². The van der Waals surface area contributed by atoms with Crippen LogP contribution in [0, 0.1) is 5.41 Å². The smallest absolute Gasteiger partial charge is 0.118 e. The van der Waals surface area contributed by atoms with Crippen molar-refractivity contribution in [1.29, 1.82) is 0 Å². The van der Waals surface area contributed by atoms with Gasteiger partial charge in [0.25, 0.3) is 0 Å². The fourth-order valence-electron chi connectivity index (χ4n) is 3.14. The quantitative estimate of drug-likeness (QED) is 0.840. The molecule has 0 aromatic heterocycles. The molecule has 2 nitrogen and oxygen atoms in total. The van der Waals surface area contributed by atoms with E-state index in [1.54, 1.807) is 7.11 Å². The summed E-state index contributed by atoms with van der Waals surface area (Å²) in [6.45, 7) is 7.04. The van der Waals surface area contributed by atoms with Crippen LogP contribution in [0.2, 0.25) is 0 Å². The van der Waals surface area contributed by atoms with Gasteiger partial charge in [-0.15, -0.1) is 0 Å². The molecule has 0 saturated heterocycles. The molecule has 1 aliphatic carbocycles. The Labute approximate surface area is 123 Å². The van der Waals surface area contributed by atoms with Crippen LogP contribution in [0.1, 0.15) is 64.5 Å². The van der Waals surface area contributed by atoms with Gasteiger partial charge in [0.1, 0.15) is 5.75 Å². The van der Waals surface area contributed by atoms with Gasteiger partial charge < -0.3 is 10.1 Å². The summed E-state index contributed by atoms with van der Waals surface area (Å²) in [6, 6.07) is 9.63. The van der Waals surface area contributed by atoms with Crippen molar-refractivity contribution in [3.8, 4) is 5.75 Å². The van der Waals surface area contributed by atoms with Crippen molar-refractivity contribution >= 4 is 0 Å². The Morgan fingerprint density at radius 2 is 1.80 bits per heavy atom. The Morgan fingerprint density at radius 1 is 1.20 bits per heavy atom. The summed E-state index contributed by atoms with van der Waals surface area (Å²) in [7, 11) is 1.72. The van der Waals surface area contributed by atoms with Gasteiger partial charge in [0.05, 0.1) is 7.11 Å². The molecule has 1 unspecified atom stereocenters. The van der Waals surface area contributed by atoms with Gasteiger partial charge in [-0.2, -0.15) is 0 Å². The van der Waals surface area contributed by atoms with Gasteiger partial charge in [0.15, 0.2) is 0 Å². The van der Waals surface area contributed by atoms with E-state index in [4.69, 9.17) is 4.74 Å². The summed E-state index contributed by atoms with van der Waals surface area (Å²) in [4.78, 5) is 0. The van der Waals surface area contributed by atoms with Gasteiger partial charge in [-0.3, -0.25) is 0 Å². The van der Waals surface area contributed by atoms with Crippen molar-refractivity contribution < 1.29 is 4.74 Å². The minimum Gasteiger partial charge on any atom is -0.497 e. The lowest BCUT2D eigenvalue weighted by molar-refractivity contribution is 0.197. The molecule has 0 aliphatic heterocycles. The first-order chi connectivity index (χ1) is 9.54. The van der Waals surface area contributed by atoms with Gasteiger partial charge in [0.2, 0.25) is 0 Å². The van der Waals surface area contributed by atoms with E-state index in [1.807, 2.05) is 0 Å². The van der Waals surface area contributed by atoms with E-state index in [1.165, 1.54) is 31.2 Å². The minimum absolute atomic E-state index is 0.465. The van der Waals surface area contributed by atoms with Crippen molar-refractivity contribution in [3.63, 3.8) is 0 Å². The number of methoxy groups -OCH3 is 1. The molecule has 1 fully saturated rings. The Bertz CT molecular complexity index is 400. The van der Waals surface area contributed by atoms with E-state index < -0.39 is 0 Å². The zero-order chi connectivity index (χ0) is 14.6. The number of nitrogens with one attached hydrogen (secondary N) is 1. The maximum Gasteiger partial charge on any atom is 0.118 e. The summed E-state index contributed by atoms with van der Waals surface area (Å²) < 4.78 is 5.24. The second kappa shape index (κ2) is 6.62. The predicted octanol–water partition coefficient (Wildman–Crippen LogP) is 4.70. The van der Waals surface area contributed by atoms with Gasteiger partial charge >= 0.3 is 0 Å². The van der Waals surface area contributed by atoms with Gasteiger partial charge in [0, 0.05) is 12.1 Å². The van der Waals surface area contributed by atoms with Crippen LogP contribution in [0.15, 0.2) is 24.3 Å². The summed E-state index contributed by atoms with van der Waals surface area (Å²) >= 11 is 0. The molecule has 1 aromatic carbocycles. The highest BCUT2D eigenvalue weighted by Crippen LogP contribution is 2.36. The molecule has 0 bridgehead atoms. The van der Waals surface area contributed by atoms with Crippen molar-refractivity contribution in [2.45, 2.75) is 65.0 Å². The summed E-state index contributed by atoms with van der Waals surface area (Å²) in [5.41, 5.74) is 1.91. The van der Waals surface area contributed by atoms with Crippen molar-refractivity contribution in [2.75, 3.05) is 7.11 Å². The zero-order valence-electron chi connectivity index (χ0n) is 13.4. The summed E-state index contributed by atoms with van der Waals surface area (Å²) in [6.07, 6.45) is 6.42. The van der Waals surface area contributed by atoms with Crippen LogP contribution in [0.4, 0.5) is 0 Å². The predicted molar refractivity (Wildman–Crippen MR) is 85.2 cm³/mol. The van der Waals surface area contributed by atoms with Crippen LogP contribution < -0.4 is 10.1 Å². The second-order valence-electron chi connectivity index (χ2n) is 6.84. The highest BCUT2D eigenvalue weighted by molar-refractivity contribution is 5.29. The maximum atomic E-state index is 5.24. The number of ether oxygens (including phenoxy) is 1. The van der Waals surface area contributed by atoms with Crippen molar-refractivity contribution in [1.82, 2.24) is 5.32 Å². The van der Waals surface area contributed by atoms with E-state index in [0.717, 1.165) is 12.2 Å². The highest BCUT2D eigenvalue weighted by atomic mass is 16.5. The Hall–Kier alpha value is -1.02. The molecule has 1 aromatic rings. The van der Waals surface area contributed by atoms with Gasteiger partial charge in [-0.1, -0.05) is 32.9 Å². The van der Waals surface area contributed by atoms with Crippen LogP contribution in [0.5, 0.6) is 5.75 Å². The number of hydrogen-bond acceptors (Lipinski definition) is 2. The molecule has 0 heterocycles. The minimum atomic E-state index is 0.465. The molecule has 1 N–H and O–H groups in total. The molecule has 1 aliphatic rings. The van der Waals surface area contributed by atoms with Crippen molar-refractivity contribution in [2.24, 2.45) is 5.41 Å². The topological polar surface area (TPSA) is 21.3 Å². The normalized spacial score (nSPS) is 20.6. The van der Waals surface area contributed by atoms with Crippen LogP contribution in [0.3, 0.4) is 0 Å². The molecule has 1 atom stereocenters. The zero-order valence-corrected chi connectivity index (χ0v) is 13.4. The molecule has 20 heavy (non-hydrogen) atoms. The third-order valence-electron chi connectivity index (χ3n) is 4.70. The fraction of sp³-hybridized carbons (Fsp3) is 0.667. The van der Waals surface area contributed by atoms with E-state index in [0.29, 0.717) is 17.5 Å². The maximum absolute atomic E-state index is 5.24. The van der Waals surface area contributed by atoms with E-state index in [2.05, 4.69) is 50.4 Å². The first-order valence-electron chi connectivity index (χ1n) is 7.94. The lowest BCUT2D eigenvalue weighted by atomic mass is 9.75.